The van der Waals surface area contributed by atoms with Crippen LogP contribution in [0.15, 0.2) is 200 Å². The molecule has 0 saturated carbocycles. The van der Waals surface area contributed by atoms with Crippen LogP contribution in [0.2, 0.25) is 0 Å². The van der Waals surface area contributed by atoms with Crippen LogP contribution in [0.4, 0.5) is 17.1 Å². The summed E-state index contributed by atoms with van der Waals surface area (Å²) in [5.74, 6) is 0. The summed E-state index contributed by atoms with van der Waals surface area (Å²) >= 11 is 3.75. The lowest BCUT2D eigenvalue weighted by Gasteiger charge is -2.28. The lowest BCUT2D eigenvalue weighted by Crippen LogP contribution is -2.10. The van der Waals surface area contributed by atoms with Crippen molar-refractivity contribution in [1.29, 1.82) is 0 Å². The normalized spacial score (nSPS) is 11.6. The highest BCUT2D eigenvalue weighted by Gasteiger charge is 2.22. The fourth-order valence-electron chi connectivity index (χ4n) is 8.35. The van der Waals surface area contributed by atoms with Crippen molar-refractivity contribution in [3.8, 4) is 33.4 Å². The molecule has 0 saturated heterocycles. The average molecular weight is 736 g/mol. The number of anilines is 3. The van der Waals surface area contributed by atoms with Gasteiger partial charge < -0.3 is 4.90 Å². The first-order valence-electron chi connectivity index (χ1n) is 18.7. The molecule has 0 fully saturated rings. The van der Waals surface area contributed by atoms with Gasteiger partial charge >= 0.3 is 0 Å². The van der Waals surface area contributed by atoms with Crippen LogP contribution < -0.4 is 4.90 Å². The molecule has 258 valence electrons. The number of hydrogen-bond donors (Lipinski definition) is 0. The lowest BCUT2D eigenvalue weighted by atomic mass is 9.90. The Labute approximate surface area is 327 Å². The number of benzene rings is 9. The van der Waals surface area contributed by atoms with Crippen LogP contribution >= 0.6 is 22.7 Å². The Morgan fingerprint density at radius 3 is 1.78 bits per heavy atom. The summed E-state index contributed by atoms with van der Waals surface area (Å²) in [5, 5.41) is 7.67. The van der Waals surface area contributed by atoms with Gasteiger partial charge in [-0.05, 0) is 87.1 Å². The molecule has 2 aromatic heterocycles. The van der Waals surface area contributed by atoms with Crippen LogP contribution in [0.5, 0.6) is 0 Å². The fraction of sp³-hybridized carbons (Fsp3) is 0. The van der Waals surface area contributed by atoms with Crippen molar-refractivity contribution in [3.05, 3.63) is 200 Å². The van der Waals surface area contributed by atoms with Gasteiger partial charge in [-0.2, -0.15) is 0 Å². The van der Waals surface area contributed by atoms with Crippen LogP contribution in [0.25, 0.3) is 84.5 Å². The van der Waals surface area contributed by atoms with Crippen molar-refractivity contribution in [2.45, 2.75) is 0 Å². The van der Waals surface area contributed by atoms with Crippen LogP contribution in [-0.4, -0.2) is 0 Å². The van der Waals surface area contributed by atoms with Crippen LogP contribution in [0, 0.1) is 0 Å². The van der Waals surface area contributed by atoms with E-state index in [0.29, 0.717) is 0 Å². The third-order valence-electron chi connectivity index (χ3n) is 10.9. The maximum absolute atomic E-state index is 2.47. The second-order valence-corrected chi connectivity index (χ2v) is 16.2. The largest absolute Gasteiger partial charge is 0.310 e. The van der Waals surface area contributed by atoms with Crippen LogP contribution in [0.1, 0.15) is 0 Å². The van der Waals surface area contributed by atoms with Gasteiger partial charge in [-0.1, -0.05) is 152 Å². The first kappa shape index (κ1) is 32.0. The van der Waals surface area contributed by atoms with Crippen molar-refractivity contribution in [1.82, 2.24) is 0 Å². The van der Waals surface area contributed by atoms with Gasteiger partial charge in [0.15, 0.2) is 0 Å². The Kier molecular flexibility index (Phi) is 7.61. The molecule has 55 heavy (non-hydrogen) atoms. The molecule has 9 aromatic carbocycles. The number of fused-ring (bicyclic) bond motifs is 7. The summed E-state index contributed by atoms with van der Waals surface area (Å²) in [6, 6.07) is 73.5. The van der Waals surface area contributed by atoms with Gasteiger partial charge in [-0.3, -0.25) is 0 Å². The Balaban J connectivity index is 1.20. The van der Waals surface area contributed by atoms with Crippen molar-refractivity contribution in [2.75, 3.05) is 4.90 Å². The van der Waals surface area contributed by atoms with E-state index < -0.39 is 0 Å². The Bertz CT molecular complexity index is 3200. The molecule has 0 bridgehead atoms. The molecule has 0 unspecified atom stereocenters. The zero-order chi connectivity index (χ0) is 36.3. The standard InChI is InChI=1S/C52H33NS2/c1-2-13-34(14-3-1)35-27-29-37(30-28-35)53(47-23-12-26-50-51(47)45-19-7-9-25-49(45)54-50)38-31-32-41(40-20-10-16-36-15-4-5-17-39(36)40)46(33-38)44-22-11-21-43-42-18-6-8-24-48(42)55-52(43)44/h1-33H. The van der Waals surface area contributed by atoms with Gasteiger partial charge in [-0.25, -0.2) is 0 Å². The van der Waals surface area contributed by atoms with Crippen LogP contribution in [0.3, 0.4) is 0 Å². The minimum absolute atomic E-state index is 1.12. The molecule has 0 atom stereocenters. The lowest BCUT2D eigenvalue weighted by molar-refractivity contribution is 1.30. The van der Waals surface area contributed by atoms with E-state index in [9.17, 15) is 0 Å². The molecule has 0 aliphatic rings. The highest BCUT2D eigenvalue weighted by molar-refractivity contribution is 7.26. The zero-order valence-electron chi connectivity index (χ0n) is 29.8. The summed E-state index contributed by atoms with van der Waals surface area (Å²) < 4.78 is 5.20. The highest BCUT2D eigenvalue weighted by atomic mass is 32.1. The molecule has 11 rings (SSSR count). The van der Waals surface area contributed by atoms with Crippen molar-refractivity contribution in [3.63, 3.8) is 0 Å². The predicted molar refractivity (Wildman–Crippen MR) is 241 cm³/mol. The van der Waals surface area contributed by atoms with Gasteiger partial charge in [0.1, 0.15) is 0 Å². The molecule has 2 heterocycles. The molecule has 3 heteroatoms. The van der Waals surface area contributed by atoms with E-state index in [0.717, 1.165) is 11.4 Å². The third-order valence-corrected chi connectivity index (χ3v) is 13.2. The van der Waals surface area contributed by atoms with Gasteiger partial charge in [0.25, 0.3) is 0 Å². The fourth-order valence-corrected chi connectivity index (χ4v) is 10.7. The van der Waals surface area contributed by atoms with E-state index >= 15 is 0 Å². The molecule has 0 spiro atoms. The van der Waals surface area contributed by atoms with Crippen molar-refractivity contribution < 1.29 is 0 Å². The van der Waals surface area contributed by atoms with Gasteiger partial charge in [0.2, 0.25) is 0 Å². The predicted octanol–water partition coefficient (Wildman–Crippen LogP) is 16.0. The van der Waals surface area contributed by atoms with E-state index in [1.165, 1.54) is 90.2 Å². The van der Waals surface area contributed by atoms with Crippen molar-refractivity contribution >= 4 is 90.9 Å². The third kappa shape index (κ3) is 5.35. The molecule has 11 aromatic rings. The number of rotatable bonds is 6. The number of thiophene rings is 2. The Hall–Kier alpha value is -6.52. The van der Waals surface area contributed by atoms with E-state index in [1.54, 1.807) is 0 Å². The first-order chi connectivity index (χ1) is 27.3. The summed E-state index contributed by atoms with van der Waals surface area (Å²) in [7, 11) is 0. The molecule has 0 amide bonds. The second-order valence-electron chi connectivity index (χ2n) is 14.0. The molecule has 0 radical (unpaired) electrons. The Morgan fingerprint density at radius 1 is 0.327 bits per heavy atom. The number of hydrogen-bond acceptors (Lipinski definition) is 3. The summed E-state index contributed by atoms with van der Waals surface area (Å²) in [4.78, 5) is 2.47. The maximum Gasteiger partial charge on any atom is 0.0554 e. The average Bonchev–Trinajstić information content (AvgIpc) is 3.83. The summed E-state index contributed by atoms with van der Waals surface area (Å²) in [6.07, 6.45) is 0. The summed E-state index contributed by atoms with van der Waals surface area (Å²) in [5.41, 5.74) is 10.8. The molecular weight excluding hydrogens is 703 g/mol. The molecular formula is C52H33NS2. The van der Waals surface area contributed by atoms with Gasteiger partial charge in [0, 0.05) is 57.3 Å². The highest BCUT2D eigenvalue weighted by Crippen LogP contribution is 2.49. The molecule has 0 N–H and O–H groups in total. The quantitative estimate of drug-likeness (QED) is 0.164. The SMILES string of the molecule is c1ccc(-c2ccc(N(c3ccc(-c4cccc5ccccc45)c(-c4cccc5c4sc4ccccc45)c3)c3cccc4sc5ccccc5c34)cc2)cc1. The minimum atomic E-state index is 1.12. The van der Waals surface area contributed by atoms with Gasteiger partial charge in [-0.15, -0.1) is 22.7 Å². The maximum atomic E-state index is 2.47. The number of nitrogens with zero attached hydrogens (tertiary/aromatic N) is 1. The monoisotopic (exact) mass is 735 g/mol. The molecule has 1 nitrogen and oxygen atoms in total. The van der Waals surface area contributed by atoms with Gasteiger partial charge in [0.05, 0.1) is 5.69 Å². The molecule has 0 aliphatic heterocycles. The first-order valence-corrected chi connectivity index (χ1v) is 20.3. The van der Waals surface area contributed by atoms with E-state index in [2.05, 4.69) is 205 Å². The molecule has 0 aliphatic carbocycles. The smallest absolute Gasteiger partial charge is 0.0554 e. The van der Waals surface area contributed by atoms with E-state index in [4.69, 9.17) is 0 Å². The Morgan fingerprint density at radius 2 is 0.927 bits per heavy atom. The van der Waals surface area contributed by atoms with E-state index in [-0.39, 0.29) is 0 Å². The zero-order valence-corrected chi connectivity index (χ0v) is 31.4. The van der Waals surface area contributed by atoms with Crippen LogP contribution in [-0.2, 0) is 0 Å². The topological polar surface area (TPSA) is 3.24 Å². The summed E-state index contributed by atoms with van der Waals surface area (Å²) in [6.45, 7) is 0. The minimum Gasteiger partial charge on any atom is -0.310 e. The van der Waals surface area contributed by atoms with E-state index in [1.807, 2.05) is 22.7 Å². The second kappa shape index (κ2) is 13.1. The van der Waals surface area contributed by atoms with Crippen molar-refractivity contribution in [2.24, 2.45) is 0 Å².